The van der Waals surface area contributed by atoms with Crippen molar-refractivity contribution in [2.24, 2.45) is 17.8 Å². The van der Waals surface area contributed by atoms with E-state index in [-0.39, 0.29) is 17.3 Å². The number of benzene rings is 1. The smallest absolute Gasteiger partial charge is 0.159 e. The van der Waals surface area contributed by atoms with Gasteiger partial charge in [-0.2, -0.15) is 0 Å². The van der Waals surface area contributed by atoms with Crippen LogP contribution in [0.15, 0.2) is 18.2 Å². The van der Waals surface area contributed by atoms with E-state index < -0.39 is 23.9 Å². The Morgan fingerprint density at radius 3 is 2.46 bits per heavy atom. The molecule has 24 heavy (non-hydrogen) atoms. The molecule has 132 valence electrons. The van der Waals surface area contributed by atoms with E-state index in [1.807, 2.05) is 0 Å². The Balaban J connectivity index is 1.71. The van der Waals surface area contributed by atoms with Gasteiger partial charge in [0.1, 0.15) is 5.78 Å². The number of ketones is 1. The van der Waals surface area contributed by atoms with Gasteiger partial charge in [-0.1, -0.05) is 38.7 Å². The summed E-state index contributed by atoms with van der Waals surface area (Å²) in [6.07, 6.45) is 5.94. The molecule has 0 saturated heterocycles. The van der Waals surface area contributed by atoms with Crippen molar-refractivity contribution >= 4 is 5.78 Å². The van der Waals surface area contributed by atoms with E-state index in [0.717, 1.165) is 30.9 Å². The highest BCUT2D eigenvalue weighted by atomic mass is 19.2. The average Bonchev–Trinajstić information content (AvgIpc) is 2.57. The molecule has 3 heteroatoms. The molecule has 0 unspecified atom stereocenters. The topological polar surface area (TPSA) is 17.1 Å². The minimum Gasteiger partial charge on any atom is -0.299 e. The molecule has 2 atom stereocenters. The molecule has 2 saturated carbocycles. The summed E-state index contributed by atoms with van der Waals surface area (Å²) in [6.45, 7) is 2.21. The van der Waals surface area contributed by atoms with Crippen LogP contribution in [0.25, 0.3) is 0 Å². The predicted molar refractivity (Wildman–Crippen MR) is 91.8 cm³/mol. The van der Waals surface area contributed by atoms with E-state index >= 15 is 0 Å². The van der Waals surface area contributed by atoms with Crippen molar-refractivity contribution in [3.05, 3.63) is 35.4 Å². The van der Waals surface area contributed by atoms with E-state index in [1.54, 1.807) is 0 Å². The second-order valence-corrected chi connectivity index (χ2v) is 7.51. The Kier molecular flexibility index (Phi) is 4.86. The fourth-order valence-corrected chi connectivity index (χ4v) is 4.52. The second-order valence-electron chi connectivity index (χ2n) is 7.51. The number of halogens is 2. The lowest BCUT2D eigenvalue weighted by molar-refractivity contribution is -0.124. The van der Waals surface area contributed by atoms with E-state index in [9.17, 15) is 13.6 Å². The van der Waals surface area contributed by atoms with Crippen LogP contribution >= 0.6 is 0 Å². The SMILES string of the molecule is [2H]C1([2H])C[C@@H](C2CCC(CCC)CC2)CC(=O)[C@@H]1c1ccc(F)c(F)c1. The first-order chi connectivity index (χ1) is 12.3. The maximum absolute atomic E-state index is 13.6. The van der Waals surface area contributed by atoms with Gasteiger partial charge in [-0.15, -0.1) is 0 Å². The number of hydrogen-bond acceptors (Lipinski definition) is 1. The highest BCUT2D eigenvalue weighted by Gasteiger charge is 2.35. The molecule has 0 aliphatic heterocycles. The van der Waals surface area contributed by atoms with Crippen molar-refractivity contribution in [3.8, 4) is 0 Å². The molecule has 0 N–H and O–H groups in total. The zero-order valence-corrected chi connectivity index (χ0v) is 14.4. The van der Waals surface area contributed by atoms with Crippen LogP contribution in [0.5, 0.6) is 0 Å². The molecule has 0 aromatic heterocycles. The normalized spacial score (nSPS) is 34.5. The number of carbonyl (C=O) groups excluding carboxylic acids is 1. The summed E-state index contributed by atoms with van der Waals surface area (Å²) in [5.74, 6) is -1.91. The lowest BCUT2D eigenvalue weighted by atomic mass is 9.67. The van der Waals surface area contributed by atoms with Crippen LogP contribution in [0.3, 0.4) is 0 Å². The molecule has 1 nitrogen and oxygen atoms in total. The summed E-state index contributed by atoms with van der Waals surface area (Å²) in [5.41, 5.74) is 0.254. The first-order valence-electron chi connectivity index (χ1n) is 10.3. The third-order valence-corrected chi connectivity index (χ3v) is 5.90. The van der Waals surface area contributed by atoms with Gasteiger partial charge in [-0.3, -0.25) is 4.79 Å². The number of rotatable bonds is 4. The summed E-state index contributed by atoms with van der Waals surface area (Å²) >= 11 is 0. The van der Waals surface area contributed by atoms with Crippen LogP contribution in [0.4, 0.5) is 8.78 Å². The Labute approximate surface area is 146 Å². The number of carbonyl (C=O) groups is 1. The van der Waals surface area contributed by atoms with Gasteiger partial charge in [0, 0.05) is 15.1 Å². The molecular formula is C21H28F2O. The maximum Gasteiger partial charge on any atom is 0.159 e. The molecule has 0 amide bonds. The van der Waals surface area contributed by atoms with Crippen LogP contribution in [0, 0.1) is 29.4 Å². The van der Waals surface area contributed by atoms with Gasteiger partial charge in [0.25, 0.3) is 0 Å². The Morgan fingerprint density at radius 2 is 1.83 bits per heavy atom. The van der Waals surface area contributed by atoms with Crippen LogP contribution in [0.1, 0.15) is 78.9 Å². The Hall–Kier alpha value is -1.25. The second kappa shape index (κ2) is 7.76. The molecule has 0 bridgehead atoms. The van der Waals surface area contributed by atoms with Crippen LogP contribution < -0.4 is 0 Å². The molecule has 2 fully saturated rings. The van der Waals surface area contributed by atoms with E-state index in [2.05, 4.69) is 6.92 Å². The van der Waals surface area contributed by atoms with Crippen molar-refractivity contribution in [2.75, 3.05) is 0 Å². The average molecular weight is 336 g/mol. The maximum atomic E-state index is 13.6. The Bertz CT molecular complexity index is 653. The van der Waals surface area contributed by atoms with Gasteiger partial charge in [-0.05, 0) is 61.1 Å². The van der Waals surface area contributed by atoms with E-state index in [4.69, 9.17) is 2.74 Å². The summed E-state index contributed by atoms with van der Waals surface area (Å²) in [4.78, 5) is 12.8. The minimum atomic E-state index is -1.72. The van der Waals surface area contributed by atoms with Crippen molar-refractivity contribution in [2.45, 2.75) is 70.6 Å². The molecule has 0 radical (unpaired) electrons. The van der Waals surface area contributed by atoms with Crippen molar-refractivity contribution < 1.29 is 16.3 Å². The molecule has 1 aromatic rings. The first-order valence-corrected chi connectivity index (χ1v) is 9.29. The van der Waals surface area contributed by atoms with E-state index in [0.29, 0.717) is 18.8 Å². The largest absolute Gasteiger partial charge is 0.299 e. The molecule has 2 aliphatic carbocycles. The lowest BCUT2D eigenvalue weighted by Gasteiger charge is -2.37. The molecule has 1 aromatic carbocycles. The van der Waals surface area contributed by atoms with Crippen molar-refractivity contribution in [1.82, 2.24) is 0 Å². The molecule has 3 rings (SSSR count). The quantitative estimate of drug-likeness (QED) is 0.656. The highest BCUT2D eigenvalue weighted by Crippen LogP contribution is 2.43. The zero-order chi connectivity index (χ0) is 18.9. The molecule has 0 heterocycles. The zero-order valence-electron chi connectivity index (χ0n) is 16.4. The summed E-state index contributed by atoms with van der Waals surface area (Å²) in [5, 5.41) is 0. The van der Waals surface area contributed by atoms with Gasteiger partial charge in [0.2, 0.25) is 0 Å². The number of Topliss-reactive ketones (excluding diaryl/α,β-unsaturated/α-hetero) is 1. The van der Waals surface area contributed by atoms with Gasteiger partial charge >= 0.3 is 0 Å². The predicted octanol–water partition coefficient (Wildman–Crippen LogP) is 6.02. The monoisotopic (exact) mass is 336 g/mol. The first kappa shape index (κ1) is 15.0. The summed E-state index contributed by atoms with van der Waals surface area (Å²) < 4.78 is 43.7. The number of hydrogen-bond donors (Lipinski definition) is 0. The van der Waals surface area contributed by atoms with Crippen LogP contribution in [-0.4, -0.2) is 5.78 Å². The molecule has 2 aliphatic rings. The highest BCUT2D eigenvalue weighted by molar-refractivity contribution is 5.86. The van der Waals surface area contributed by atoms with Crippen LogP contribution in [-0.2, 0) is 4.79 Å². The van der Waals surface area contributed by atoms with Gasteiger partial charge in [0.15, 0.2) is 11.6 Å². The van der Waals surface area contributed by atoms with Crippen molar-refractivity contribution in [3.63, 3.8) is 0 Å². The summed E-state index contributed by atoms with van der Waals surface area (Å²) in [6, 6.07) is 3.30. The van der Waals surface area contributed by atoms with Crippen LogP contribution in [0.2, 0.25) is 0 Å². The van der Waals surface area contributed by atoms with Gasteiger partial charge < -0.3 is 0 Å². The molecular weight excluding hydrogens is 306 g/mol. The summed E-state index contributed by atoms with van der Waals surface area (Å²) in [7, 11) is 0. The third kappa shape index (κ3) is 3.87. The fraction of sp³-hybridized carbons (Fsp3) is 0.667. The van der Waals surface area contributed by atoms with Crippen molar-refractivity contribution in [1.29, 1.82) is 0 Å². The lowest BCUT2D eigenvalue weighted by Crippen LogP contribution is -2.30. The minimum absolute atomic E-state index is 0.0709. The third-order valence-electron chi connectivity index (χ3n) is 5.90. The fourth-order valence-electron chi connectivity index (χ4n) is 4.52. The molecule has 0 spiro atoms. The van der Waals surface area contributed by atoms with E-state index in [1.165, 1.54) is 31.7 Å². The van der Waals surface area contributed by atoms with Gasteiger partial charge in [-0.25, -0.2) is 8.78 Å². The van der Waals surface area contributed by atoms with Gasteiger partial charge in [0.05, 0.1) is 0 Å². The Morgan fingerprint density at radius 1 is 1.08 bits per heavy atom. The standard InChI is InChI=1S/C21H28F2O/c1-2-3-14-4-6-15(7-5-14)16-8-10-18(21(24)13-16)17-9-11-19(22)20(23)12-17/h9,11-12,14-16,18H,2-8,10,13H2,1H3/t14?,15?,16-,18+/m1/s1/i10D2.